The Balaban J connectivity index is 2.83. The molecule has 0 aromatic heterocycles. The van der Waals surface area contributed by atoms with Gasteiger partial charge in [0.25, 0.3) is 0 Å². The van der Waals surface area contributed by atoms with Gasteiger partial charge in [0.15, 0.2) is 0 Å². The highest BCUT2D eigenvalue weighted by molar-refractivity contribution is 5.66. The van der Waals surface area contributed by atoms with E-state index < -0.39 is 12.2 Å². The lowest BCUT2D eigenvalue weighted by atomic mass is 9.80. The maximum absolute atomic E-state index is 11.3. The van der Waals surface area contributed by atoms with Gasteiger partial charge >= 0.3 is 11.9 Å². The Morgan fingerprint density at radius 3 is 2.30 bits per heavy atom. The van der Waals surface area contributed by atoms with E-state index in [2.05, 4.69) is 13.5 Å². The van der Waals surface area contributed by atoms with E-state index in [-0.39, 0.29) is 36.5 Å². The van der Waals surface area contributed by atoms with Crippen LogP contribution in [0, 0.1) is 11.8 Å². The van der Waals surface area contributed by atoms with Crippen LogP contribution in [0.15, 0.2) is 12.7 Å². The van der Waals surface area contributed by atoms with Crippen molar-refractivity contribution in [2.75, 3.05) is 6.61 Å². The van der Waals surface area contributed by atoms with Crippen LogP contribution in [-0.4, -0.2) is 36.9 Å². The summed E-state index contributed by atoms with van der Waals surface area (Å²) in [4.78, 5) is 22.2. The molecule has 0 aromatic carbocycles. The van der Waals surface area contributed by atoms with E-state index in [9.17, 15) is 9.59 Å². The lowest BCUT2D eigenvalue weighted by molar-refractivity contribution is -0.204. The van der Waals surface area contributed by atoms with Crippen LogP contribution in [0.2, 0.25) is 0 Å². The molecule has 1 fully saturated rings. The van der Waals surface area contributed by atoms with Gasteiger partial charge in [-0.1, -0.05) is 19.9 Å². The predicted molar refractivity (Wildman–Crippen MR) is 74.0 cm³/mol. The molecule has 20 heavy (non-hydrogen) atoms. The number of carbonyl (C=O) groups excluding carboxylic acids is 2. The van der Waals surface area contributed by atoms with Crippen LogP contribution in [0.1, 0.15) is 34.1 Å². The molecule has 0 radical (unpaired) electrons. The fourth-order valence-electron chi connectivity index (χ4n) is 2.55. The first-order chi connectivity index (χ1) is 9.36. The molecule has 0 amide bonds. The van der Waals surface area contributed by atoms with Gasteiger partial charge in [-0.05, 0) is 12.3 Å². The average molecular weight is 284 g/mol. The summed E-state index contributed by atoms with van der Waals surface area (Å²) in [5, 5.41) is 0. The highest BCUT2D eigenvalue weighted by Gasteiger charge is 2.43. The molecule has 0 aromatic rings. The zero-order chi connectivity index (χ0) is 15.3. The summed E-state index contributed by atoms with van der Waals surface area (Å²) < 4.78 is 16.3. The molecule has 5 heteroatoms. The van der Waals surface area contributed by atoms with Crippen molar-refractivity contribution in [3.05, 3.63) is 12.7 Å². The largest absolute Gasteiger partial charge is 0.463 e. The van der Waals surface area contributed by atoms with Crippen LogP contribution >= 0.6 is 0 Å². The molecule has 5 nitrogen and oxygen atoms in total. The minimum absolute atomic E-state index is 0.00475. The molecule has 0 N–H and O–H groups in total. The normalized spacial score (nSPS) is 33.3. The molecular formula is C15H24O5. The first-order valence-electron chi connectivity index (χ1n) is 6.93. The Morgan fingerprint density at radius 2 is 1.80 bits per heavy atom. The Morgan fingerprint density at radius 1 is 1.15 bits per heavy atom. The van der Waals surface area contributed by atoms with E-state index >= 15 is 0 Å². The third-order valence-electron chi connectivity index (χ3n) is 3.80. The number of esters is 2. The summed E-state index contributed by atoms with van der Waals surface area (Å²) >= 11 is 0. The standard InChI is InChI=1S/C15H24O5/c1-6-7-13-9(2)10(3)15(19-12(5)17)14(20-13)8-18-11(4)16/h6,9-10,13-15H,1,7-8H2,2-5H3/t9?,10-,13-,14?,15-/m1/s1. The quantitative estimate of drug-likeness (QED) is 0.571. The molecule has 0 bridgehead atoms. The highest BCUT2D eigenvalue weighted by atomic mass is 16.6. The van der Waals surface area contributed by atoms with E-state index in [0.717, 1.165) is 6.42 Å². The van der Waals surface area contributed by atoms with Gasteiger partial charge in [-0.25, -0.2) is 0 Å². The number of hydrogen-bond donors (Lipinski definition) is 0. The summed E-state index contributed by atoms with van der Waals surface area (Å²) in [6.07, 6.45) is 1.69. The average Bonchev–Trinajstić information content (AvgIpc) is 2.36. The van der Waals surface area contributed by atoms with Gasteiger partial charge in [0.2, 0.25) is 0 Å². The number of ether oxygens (including phenoxy) is 3. The van der Waals surface area contributed by atoms with Gasteiger partial charge in [0, 0.05) is 19.8 Å². The molecule has 0 spiro atoms. The smallest absolute Gasteiger partial charge is 0.303 e. The van der Waals surface area contributed by atoms with Crippen LogP contribution in [0.4, 0.5) is 0 Å². The zero-order valence-corrected chi connectivity index (χ0v) is 12.6. The van der Waals surface area contributed by atoms with Crippen LogP contribution in [0.3, 0.4) is 0 Å². The fraction of sp³-hybridized carbons (Fsp3) is 0.733. The minimum atomic E-state index is -0.432. The van der Waals surface area contributed by atoms with E-state index in [0.29, 0.717) is 0 Å². The third-order valence-corrected chi connectivity index (χ3v) is 3.80. The second kappa shape index (κ2) is 7.43. The summed E-state index contributed by atoms with van der Waals surface area (Å²) in [5.41, 5.74) is 0. The monoisotopic (exact) mass is 284 g/mol. The highest BCUT2D eigenvalue weighted by Crippen LogP contribution is 2.34. The molecule has 0 aliphatic carbocycles. The zero-order valence-electron chi connectivity index (χ0n) is 12.6. The van der Waals surface area contributed by atoms with Crippen molar-refractivity contribution >= 4 is 11.9 Å². The number of carbonyl (C=O) groups is 2. The lowest BCUT2D eigenvalue weighted by Gasteiger charge is -2.43. The summed E-state index contributed by atoms with van der Waals surface area (Å²) in [6.45, 7) is 10.6. The maximum atomic E-state index is 11.3. The van der Waals surface area contributed by atoms with Crippen molar-refractivity contribution in [3.8, 4) is 0 Å². The topological polar surface area (TPSA) is 61.8 Å². The molecule has 2 unspecified atom stereocenters. The SMILES string of the molecule is C=CC[C@H]1OC(COC(C)=O)[C@H](OC(C)=O)[C@H](C)C1C. The molecule has 1 heterocycles. The minimum Gasteiger partial charge on any atom is -0.463 e. The van der Waals surface area contributed by atoms with E-state index in [4.69, 9.17) is 14.2 Å². The van der Waals surface area contributed by atoms with Crippen molar-refractivity contribution in [2.45, 2.75) is 52.4 Å². The molecule has 114 valence electrons. The van der Waals surface area contributed by atoms with Gasteiger partial charge in [-0.3, -0.25) is 9.59 Å². The van der Waals surface area contributed by atoms with Gasteiger partial charge in [-0.2, -0.15) is 0 Å². The molecular weight excluding hydrogens is 260 g/mol. The first-order valence-corrected chi connectivity index (χ1v) is 6.93. The van der Waals surface area contributed by atoms with Crippen molar-refractivity contribution in [1.29, 1.82) is 0 Å². The van der Waals surface area contributed by atoms with Gasteiger partial charge < -0.3 is 14.2 Å². The first kappa shape index (κ1) is 16.7. The van der Waals surface area contributed by atoms with Crippen molar-refractivity contribution in [3.63, 3.8) is 0 Å². The lowest BCUT2D eigenvalue weighted by Crippen LogP contribution is -2.52. The van der Waals surface area contributed by atoms with Crippen LogP contribution < -0.4 is 0 Å². The van der Waals surface area contributed by atoms with E-state index in [1.54, 1.807) is 0 Å². The summed E-state index contributed by atoms with van der Waals surface area (Å²) in [6, 6.07) is 0. The Labute approximate surface area is 120 Å². The summed E-state index contributed by atoms with van der Waals surface area (Å²) in [7, 11) is 0. The fourth-order valence-corrected chi connectivity index (χ4v) is 2.55. The molecule has 1 aliphatic rings. The van der Waals surface area contributed by atoms with Gasteiger partial charge in [0.1, 0.15) is 18.8 Å². The van der Waals surface area contributed by atoms with Crippen LogP contribution in [0.25, 0.3) is 0 Å². The van der Waals surface area contributed by atoms with Gasteiger partial charge in [-0.15, -0.1) is 6.58 Å². The van der Waals surface area contributed by atoms with Crippen molar-refractivity contribution in [1.82, 2.24) is 0 Å². The van der Waals surface area contributed by atoms with Crippen molar-refractivity contribution in [2.24, 2.45) is 11.8 Å². The molecule has 0 saturated carbocycles. The second-order valence-electron chi connectivity index (χ2n) is 5.33. The van der Waals surface area contributed by atoms with Crippen LogP contribution in [-0.2, 0) is 23.8 Å². The Kier molecular flexibility index (Phi) is 6.20. The number of rotatable bonds is 5. The Hall–Kier alpha value is -1.36. The molecule has 5 atom stereocenters. The Bertz CT molecular complexity index is 365. The second-order valence-corrected chi connectivity index (χ2v) is 5.33. The predicted octanol–water partition coefficient (Wildman–Crippen LogP) is 2.10. The third kappa shape index (κ3) is 4.34. The van der Waals surface area contributed by atoms with E-state index in [1.165, 1.54) is 13.8 Å². The van der Waals surface area contributed by atoms with Crippen LogP contribution in [0.5, 0.6) is 0 Å². The molecule has 1 rings (SSSR count). The van der Waals surface area contributed by atoms with E-state index in [1.807, 2.05) is 13.0 Å². The molecule has 1 aliphatic heterocycles. The maximum Gasteiger partial charge on any atom is 0.303 e. The van der Waals surface area contributed by atoms with Gasteiger partial charge in [0.05, 0.1) is 6.10 Å². The molecule has 1 saturated heterocycles. The number of hydrogen-bond acceptors (Lipinski definition) is 5. The van der Waals surface area contributed by atoms with Crippen molar-refractivity contribution < 1.29 is 23.8 Å². The summed E-state index contributed by atoms with van der Waals surface area (Å²) in [5.74, 6) is -0.376.